The van der Waals surface area contributed by atoms with Crippen molar-refractivity contribution < 1.29 is 14.3 Å². The summed E-state index contributed by atoms with van der Waals surface area (Å²) in [5, 5.41) is 9.28. The van der Waals surface area contributed by atoms with Crippen molar-refractivity contribution >= 4 is 5.97 Å². The zero-order valence-electron chi connectivity index (χ0n) is 12.4. The molecule has 1 N–H and O–H groups in total. The molecule has 2 heterocycles. The first-order chi connectivity index (χ1) is 10.6. The topological polar surface area (TPSA) is 58.4 Å². The van der Waals surface area contributed by atoms with Crippen molar-refractivity contribution in [3.05, 3.63) is 47.8 Å². The van der Waals surface area contributed by atoms with E-state index in [0.29, 0.717) is 19.5 Å². The molecule has 0 saturated carbocycles. The van der Waals surface area contributed by atoms with Crippen LogP contribution in [0.1, 0.15) is 24.7 Å². The van der Waals surface area contributed by atoms with Crippen LogP contribution in [0.15, 0.2) is 30.6 Å². The van der Waals surface area contributed by atoms with Crippen LogP contribution in [0, 0.1) is 5.82 Å². The van der Waals surface area contributed by atoms with Crippen LogP contribution < -0.4 is 0 Å². The summed E-state index contributed by atoms with van der Waals surface area (Å²) in [6.45, 7) is 3.10. The summed E-state index contributed by atoms with van der Waals surface area (Å²) in [7, 11) is 0. The molecule has 22 heavy (non-hydrogen) atoms. The van der Waals surface area contributed by atoms with Gasteiger partial charge in [0.2, 0.25) is 0 Å². The molecule has 1 aromatic heterocycles. The van der Waals surface area contributed by atoms with Crippen LogP contribution in [0.25, 0.3) is 5.69 Å². The minimum absolute atomic E-state index is 0.267. The molecule has 1 aromatic carbocycles. The highest BCUT2D eigenvalue weighted by atomic mass is 19.1. The minimum atomic E-state index is -0.788. The van der Waals surface area contributed by atoms with E-state index in [-0.39, 0.29) is 5.82 Å². The van der Waals surface area contributed by atoms with Gasteiger partial charge in [-0.3, -0.25) is 9.69 Å². The van der Waals surface area contributed by atoms with Gasteiger partial charge >= 0.3 is 5.97 Å². The summed E-state index contributed by atoms with van der Waals surface area (Å²) in [6, 6.07) is 5.82. The molecule has 6 heteroatoms. The first-order valence-corrected chi connectivity index (χ1v) is 7.38. The molecular weight excluding hydrogens is 285 g/mol. The maximum absolute atomic E-state index is 13.0. The molecular formula is C16H18FN3O2. The average molecular weight is 303 g/mol. The maximum Gasteiger partial charge on any atom is 0.320 e. The number of imidazole rings is 1. The van der Waals surface area contributed by atoms with E-state index in [1.165, 1.54) is 12.1 Å². The quantitative estimate of drug-likeness (QED) is 0.941. The summed E-state index contributed by atoms with van der Waals surface area (Å²) in [5.74, 6) is -1.06. The molecule has 0 aliphatic carbocycles. The molecule has 0 saturated heterocycles. The molecule has 5 nitrogen and oxygen atoms in total. The van der Waals surface area contributed by atoms with Crippen molar-refractivity contribution in [1.29, 1.82) is 0 Å². The third-order valence-electron chi connectivity index (χ3n) is 4.16. The fraction of sp³-hybridized carbons (Fsp3) is 0.375. The molecule has 1 aliphatic heterocycles. The number of carboxylic acid groups (broad SMARTS) is 1. The highest BCUT2D eigenvalue weighted by Gasteiger charge is 2.29. The van der Waals surface area contributed by atoms with Crippen molar-refractivity contribution in [2.75, 3.05) is 6.54 Å². The zero-order valence-corrected chi connectivity index (χ0v) is 12.4. The van der Waals surface area contributed by atoms with Crippen LogP contribution >= 0.6 is 0 Å². The minimum Gasteiger partial charge on any atom is -0.480 e. The monoisotopic (exact) mass is 303 g/mol. The number of hydrogen-bond donors (Lipinski definition) is 1. The Hall–Kier alpha value is -2.21. The van der Waals surface area contributed by atoms with Crippen LogP contribution in [0.5, 0.6) is 0 Å². The van der Waals surface area contributed by atoms with Gasteiger partial charge in [-0.05, 0) is 30.7 Å². The molecule has 0 fully saturated rings. The highest BCUT2D eigenvalue weighted by molar-refractivity contribution is 5.73. The Bertz CT molecular complexity index is 681. The van der Waals surface area contributed by atoms with Gasteiger partial charge in [-0.15, -0.1) is 0 Å². The van der Waals surface area contributed by atoms with Crippen molar-refractivity contribution in [2.24, 2.45) is 0 Å². The van der Waals surface area contributed by atoms with Crippen molar-refractivity contribution in [2.45, 2.75) is 32.4 Å². The Balaban J connectivity index is 1.86. The standard InChI is InChI=1S/C16H18FN3O2/c1-2-14(16(21)22)19-8-7-15-13(9-19)18-10-20(15)12-5-3-11(17)4-6-12/h3-6,10,14H,2,7-9H2,1H3,(H,21,22)/t14-/m0/s1. The normalized spacial score (nSPS) is 16.3. The first-order valence-electron chi connectivity index (χ1n) is 7.38. The number of nitrogens with zero attached hydrogens (tertiary/aromatic N) is 3. The number of carboxylic acids is 1. The van der Waals surface area contributed by atoms with Gasteiger partial charge < -0.3 is 9.67 Å². The van der Waals surface area contributed by atoms with E-state index >= 15 is 0 Å². The predicted octanol–water partition coefficient (Wildman–Crippen LogP) is 2.23. The SMILES string of the molecule is CC[C@@H](C(=O)O)N1CCc2c(ncn2-c2ccc(F)cc2)C1. The summed E-state index contributed by atoms with van der Waals surface area (Å²) in [5.41, 5.74) is 2.84. The van der Waals surface area contributed by atoms with Gasteiger partial charge in [-0.2, -0.15) is 0 Å². The summed E-state index contributed by atoms with van der Waals surface area (Å²) < 4.78 is 15.0. The number of aromatic nitrogens is 2. The third-order valence-corrected chi connectivity index (χ3v) is 4.16. The number of rotatable bonds is 4. The molecule has 0 spiro atoms. The van der Waals surface area contributed by atoms with Crippen LogP contribution in [-0.2, 0) is 17.8 Å². The fourth-order valence-electron chi connectivity index (χ4n) is 3.01. The number of benzene rings is 1. The molecule has 1 atom stereocenters. The van der Waals surface area contributed by atoms with Gasteiger partial charge in [-0.25, -0.2) is 9.37 Å². The molecule has 2 aromatic rings. The first kappa shape index (κ1) is 14.7. The van der Waals surface area contributed by atoms with E-state index < -0.39 is 12.0 Å². The van der Waals surface area contributed by atoms with Crippen LogP contribution in [0.3, 0.4) is 0 Å². The number of hydrogen-bond acceptors (Lipinski definition) is 3. The number of fused-ring (bicyclic) bond motifs is 1. The Kier molecular flexibility index (Phi) is 3.94. The van der Waals surface area contributed by atoms with Crippen LogP contribution in [0.2, 0.25) is 0 Å². The van der Waals surface area contributed by atoms with E-state index in [1.807, 2.05) is 16.4 Å². The average Bonchev–Trinajstić information content (AvgIpc) is 2.91. The Morgan fingerprint density at radius 1 is 1.41 bits per heavy atom. The third kappa shape index (κ3) is 2.62. The van der Waals surface area contributed by atoms with Crippen LogP contribution in [-0.4, -0.2) is 38.1 Å². The Morgan fingerprint density at radius 3 is 2.77 bits per heavy atom. The maximum atomic E-state index is 13.0. The number of halogens is 1. The fourth-order valence-corrected chi connectivity index (χ4v) is 3.01. The van der Waals surface area contributed by atoms with Gasteiger partial charge in [0, 0.05) is 30.9 Å². The second kappa shape index (κ2) is 5.88. The van der Waals surface area contributed by atoms with Gasteiger partial charge in [0.15, 0.2) is 0 Å². The lowest BCUT2D eigenvalue weighted by Gasteiger charge is -2.31. The van der Waals surface area contributed by atoms with Gasteiger partial charge in [0.1, 0.15) is 11.9 Å². The lowest BCUT2D eigenvalue weighted by atomic mass is 10.1. The lowest BCUT2D eigenvalue weighted by molar-refractivity contribution is -0.143. The highest BCUT2D eigenvalue weighted by Crippen LogP contribution is 2.23. The van der Waals surface area contributed by atoms with Crippen molar-refractivity contribution in [3.63, 3.8) is 0 Å². The van der Waals surface area contributed by atoms with Gasteiger partial charge in [0.05, 0.1) is 12.0 Å². The molecule has 0 amide bonds. The van der Waals surface area contributed by atoms with Crippen molar-refractivity contribution in [3.8, 4) is 5.69 Å². The zero-order chi connectivity index (χ0) is 15.7. The van der Waals surface area contributed by atoms with Crippen LogP contribution in [0.4, 0.5) is 4.39 Å². The molecule has 0 radical (unpaired) electrons. The smallest absolute Gasteiger partial charge is 0.320 e. The largest absolute Gasteiger partial charge is 0.480 e. The molecule has 0 bridgehead atoms. The summed E-state index contributed by atoms with van der Waals surface area (Å²) in [6.07, 6.45) is 3.03. The van der Waals surface area contributed by atoms with Crippen molar-refractivity contribution in [1.82, 2.24) is 14.5 Å². The molecule has 1 aliphatic rings. The lowest BCUT2D eigenvalue weighted by Crippen LogP contribution is -2.43. The van der Waals surface area contributed by atoms with E-state index in [0.717, 1.165) is 23.5 Å². The van der Waals surface area contributed by atoms with E-state index in [1.54, 1.807) is 18.5 Å². The second-order valence-corrected chi connectivity index (χ2v) is 5.47. The van der Waals surface area contributed by atoms with Gasteiger partial charge in [0.25, 0.3) is 0 Å². The molecule has 3 rings (SSSR count). The number of carbonyl (C=O) groups is 1. The Morgan fingerprint density at radius 2 is 2.14 bits per heavy atom. The Labute approximate surface area is 128 Å². The van der Waals surface area contributed by atoms with Gasteiger partial charge in [-0.1, -0.05) is 6.92 Å². The second-order valence-electron chi connectivity index (χ2n) is 5.47. The van der Waals surface area contributed by atoms with E-state index in [4.69, 9.17) is 0 Å². The summed E-state index contributed by atoms with van der Waals surface area (Å²) >= 11 is 0. The summed E-state index contributed by atoms with van der Waals surface area (Å²) in [4.78, 5) is 17.7. The van der Waals surface area contributed by atoms with E-state index in [2.05, 4.69) is 4.98 Å². The number of aliphatic carboxylic acids is 1. The predicted molar refractivity (Wildman–Crippen MR) is 79.4 cm³/mol. The molecule has 116 valence electrons. The molecule has 0 unspecified atom stereocenters. The van der Waals surface area contributed by atoms with E-state index in [9.17, 15) is 14.3 Å².